The van der Waals surface area contributed by atoms with Crippen LogP contribution in [-0.2, 0) is 17.8 Å². The molecule has 2 amide bonds. The van der Waals surface area contributed by atoms with Gasteiger partial charge in [0.15, 0.2) is 0 Å². The van der Waals surface area contributed by atoms with Crippen molar-refractivity contribution in [1.29, 1.82) is 0 Å². The van der Waals surface area contributed by atoms with Crippen molar-refractivity contribution in [1.82, 2.24) is 9.88 Å². The summed E-state index contributed by atoms with van der Waals surface area (Å²) in [5.41, 5.74) is -0.469. The van der Waals surface area contributed by atoms with Crippen molar-refractivity contribution in [3.63, 3.8) is 0 Å². The topological polar surface area (TPSA) is 63.1 Å². The third-order valence-corrected chi connectivity index (χ3v) is 4.31. The van der Waals surface area contributed by atoms with Crippen LogP contribution < -0.4 is 10.6 Å². The van der Waals surface area contributed by atoms with Crippen LogP contribution in [0.4, 0.5) is 18.9 Å². The number of rotatable bonds is 6. The molecule has 0 aliphatic carbocycles. The maximum absolute atomic E-state index is 14.8. The summed E-state index contributed by atoms with van der Waals surface area (Å²) < 4.78 is 43.9. The van der Waals surface area contributed by atoms with Gasteiger partial charge in [-0.1, -0.05) is 6.92 Å². The highest BCUT2D eigenvalue weighted by Crippen LogP contribution is 2.32. The molecule has 1 aromatic heterocycles. The van der Waals surface area contributed by atoms with Crippen LogP contribution in [0.2, 0.25) is 0 Å². The molecular formula is C19H22F3N3O2. The van der Waals surface area contributed by atoms with Crippen molar-refractivity contribution >= 4 is 17.5 Å². The molecule has 0 aliphatic rings. The largest absolute Gasteiger partial charge is 0.364 e. The Kier molecular flexibility index (Phi) is 5.98. The van der Waals surface area contributed by atoms with Gasteiger partial charge in [-0.3, -0.25) is 9.59 Å². The molecular weight excluding hydrogens is 359 g/mol. The molecule has 0 radical (unpaired) electrons. The van der Waals surface area contributed by atoms with E-state index < -0.39 is 35.3 Å². The Morgan fingerprint density at radius 1 is 1.26 bits per heavy atom. The molecule has 1 unspecified atom stereocenters. The lowest BCUT2D eigenvalue weighted by Crippen LogP contribution is -2.44. The number of alkyl halides is 2. The normalized spacial score (nSPS) is 12.6. The molecule has 2 aromatic rings. The first kappa shape index (κ1) is 20.5. The Hall–Kier alpha value is -2.77. The van der Waals surface area contributed by atoms with Crippen molar-refractivity contribution in [3.8, 4) is 0 Å². The monoisotopic (exact) mass is 381 g/mol. The third-order valence-electron chi connectivity index (χ3n) is 4.31. The first-order chi connectivity index (χ1) is 12.6. The van der Waals surface area contributed by atoms with Gasteiger partial charge in [-0.25, -0.2) is 4.39 Å². The SMILES string of the molecule is CCC(C)NC(=O)C(F)(F)c1c(C(=O)Nc2ccc(F)c(C)c2)ccn1C. The van der Waals surface area contributed by atoms with Crippen molar-refractivity contribution < 1.29 is 22.8 Å². The third kappa shape index (κ3) is 4.32. The van der Waals surface area contributed by atoms with Crippen LogP contribution in [0.25, 0.3) is 0 Å². The molecule has 1 heterocycles. The van der Waals surface area contributed by atoms with Gasteiger partial charge in [0.1, 0.15) is 11.5 Å². The van der Waals surface area contributed by atoms with Crippen LogP contribution in [0, 0.1) is 12.7 Å². The first-order valence-corrected chi connectivity index (χ1v) is 8.50. The highest BCUT2D eigenvalue weighted by atomic mass is 19.3. The lowest BCUT2D eigenvalue weighted by molar-refractivity contribution is -0.148. The molecule has 8 heteroatoms. The number of hydrogen-bond donors (Lipinski definition) is 2. The second-order valence-corrected chi connectivity index (χ2v) is 6.46. The highest BCUT2D eigenvalue weighted by Gasteiger charge is 2.46. The second kappa shape index (κ2) is 7.85. The summed E-state index contributed by atoms with van der Waals surface area (Å²) in [6.45, 7) is 4.89. The number of carbonyl (C=O) groups is 2. The fourth-order valence-electron chi connectivity index (χ4n) is 2.55. The summed E-state index contributed by atoms with van der Waals surface area (Å²) in [5.74, 6) is -6.62. The minimum atomic E-state index is -3.90. The summed E-state index contributed by atoms with van der Waals surface area (Å²) in [7, 11) is 1.33. The summed E-state index contributed by atoms with van der Waals surface area (Å²) in [5, 5.41) is 4.70. The highest BCUT2D eigenvalue weighted by molar-refractivity contribution is 6.06. The van der Waals surface area contributed by atoms with Gasteiger partial charge in [-0.15, -0.1) is 0 Å². The number of anilines is 1. The van der Waals surface area contributed by atoms with Gasteiger partial charge in [-0.2, -0.15) is 8.78 Å². The Balaban J connectivity index is 2.33. The van der Waals surface area contributed by atoms with E-state index in [4.69, 9.17) is 0 Å². The average Bonchev–Trinajstić information content (AvgIpc) is 3.00. The predicted molar refractivity (Wildman–Crippen MR) is 96.3 cm³/mol. The predicted octanol–water partition coefficient (Wildman–Crippen LogP) is 3.73. The maximum atomic E-state index is 14.8. The first-order valence-electron chi connectivity index (χ1n) is 8.50. The average molecular weight is 381 g/mol. The minimum absolute atomic E-state index is 0.265. The number of halogens is 3. The van der Waals surface area contributed by atoms with Crippen molar-refractivity contribution in [2.75, 3.05) is 5.32 Å². The second-order valence-electron chi connectivity index (χ2n) is 6.46. The number of nitrogens with one attached hydrogen (secondary N) is 2. The lowest BCUT2D eigenvalue weighted by atomic mass is 10.1. The van der Waals surface area contributed by atoms with E-state index in [2.05, 4.69) is 10.6 Å². The number of carbonyl (C=O) groups excluding carboxylic acids is 2. The zero-order valence-corrected chi connectivity index (χ0v) is 15.6. The van der Waals surface area contributed by atoms with E-state index >= 15 is 0 Å². The number of aromatic nitrogens is 1. The number of nitrogens with zero attached hydrogens (tertiary/aromatic N) is 1. The molecule has 0 saturated heterocycles. The summed E-state index contributed by atoms with van der Waals surface area (Å²) >= 11 is 0. The van der Waals surface area contributed by atoms with Crippen molar-refractivity contribution in [2.45, 2.75) is 39.2 Å². The van der Waals surface area contributed by atoms with Crippen LogP contribution in [0.1, 0.15) is 41.9 Å². The van der Waals surface area contributed by atoms with E-state index in [-0.39, 0.29) is 11.3 Å². The molecule has 1 aromatic carbocycles. The van der Waals surface area contributed by atoms with Gasteiger partial charge < -0.3 is 15.2 Å². The molecule has 0 spiro atoms. The van der Waals surface area contributed by atoms with Crippen LogP contribution in [-0.4, -0.2) is 22.4 Å². The van der Waals surface area contributed by atoms with Gasteiger partial charge in [0, 0.05) is 25.0 Å². The van der Waals surface area contributed by atoms with Crippen LogP contribution in [0.3, 0.4) is 0 Å². The number of hydrogen-bond acceptors (Lipinski definition) is 2. The van der Waals surface area contributed by atoms with Crippen molar-refractivity contribution in [3.05, 3.63) is 53.1 Å². The number of aryl methyl sites for hydroxylation is 2. The number of amides is 2. The molecule has 0 fully saturated rings. The molecule has 0 bridgehead atoms. The number of benzene rings is 1. The Morgan fingerprint density at radius 2 is 1.93 bits per heavy atom. The van der Waals surface area contributed by atoms with E-state index in [0.717, 1.165) is 4.57 Å². The van der Waals surface area contributed by atoms with E-state index in [1.807, 2.05) is 0 Å². The van der Waals surface area contributed by atoms with Gasteiger partial charge in [-0.05, 0) is 50.1 Å². The summed E-state index contributed by atoms with van der Waals surface area (Å²) in [4.78, 5) is 24.6. The van der Waals surface area contributed by atoms with Crippen LogP contribution >= 0.6 is 0 Å². The molecule has 0 aliphatic heterocycles. The Morgan fingerprint density at radius 3 is 2.52 bits per heavy atom. The lowest BCUT2D eigenvalue weighted by Gasteiger charge is -2.21. The molecule has 0 saturated carbocycles. The molecule has 27 heavy (non-hydrogen) atoms. The summed E-state index contributed by atoms with van der Waals surface area (Å²) in [6.07, 6.45) is 1.77. The van der Waals surface area contributed by atoms with Gasteiger partial charge >= 0.3 is 5.92 Å². The molecule has 1 atom stereocenters. The zero-order valence-electron chi connectivity index (χ0n) is 15.6. The van der Waals surface area contributed by atoms with Gasteiger partial charge in [0.2, 0.25) is 0 Å². The fraction of sp³-hybridized carbons (Fsp3) is 0.368. The van der Waals surface area contributed by atoms with Gasteiger partial charge in [0.25, 0.3) is 11.8 Å². The van der Waals surface area contributed by atoms with E-state index in [1.54, 1.807) is 13.8 Å². The van der Waals surface area contributed by atoms with E-state index in [9.17, 15) is 22.8 Å². The van der Waals surface area contributed by atoms with Crippen LogP contribution in [0.5, 0.6) is 0 Å². The standard InChI is InChI=1S/C19H22F3N3O2/c1-5-12(3)23-18(27)19(21,22)16-14(8-9-25(16)4)17(26)24-13-6-7-15(20)11(2)10-13/h6-10,12H,5H2,1-4H3,(H,23,27)(H,24,26). The minimum Gasteiger partial charge on any atom is -0.348 e. The molecule has 2 N–H and O–H groups in total. The quantitative estimate of drug-likeness (QED) is 0.801. The molecule has 5 nitrogen and oxygen atoms in total. The summed E-state index contributed by atoms with van der Waals surface area (Å²) in [6, 6.07) is 4.68. The molecule has 146 valence electrons. The maximum Gasteiger partial charge on any atom is 0.364 e. The van der Waals surface area contributed by atoms with Crippen molar-refractivity contribution in [2.24, 2.45) is 7.05 Å². The fourth-order valence-corrected chi connectivity index (χ4v) is 2.55. The zero-order chi connectivity index (χ0) is 20.4. The van der Waals surface area contributed by atoms with E-state index in [1.165, 1.54) is 44.4 Å². The smallest absolute Gasteiger partial charge is 0.348 e. The van der Waals surface area contributed by atoms with Gasteiger partial charge in [0.05, 0.1) is 5.56 Å². The van der Waals surface area contributed by atoms with E-state index in [0.29, 0.717) is 12.0 Å². The Labute approximate surface area is 155 Å². The van der Waals surface area contributed by atoms with Crippen LogP contribution in [0.15, 0.2) is 30.5 Å². The molecule has 2 rings (SSSR count). The Bertz CT molecular complexity index is 862.